The third kappa shape index (κ3) is 7.08. The molecule has 5 rings (SSSR count). The third-order valence-electron chi connectivity index (χ3n) is 8.19. The van der Waals surface area contributed by atoms with E-state index < -0.39 is 0 Å². The molecule has 6 heteroatoms. The number of anilines is 1. The number of hydrogen-bond donors (Lipinski definition) is 0. The van der Waals surface area contributed by atoms with Gasteiger partial charge in [-0.05, 0) is 81.2 Å². The first kappa shape index (κ1) is 25.7. The molecule has 0 saturated carbocycles. The van der Waals surface area contributed by atoms with Gasteiger partial charge < -0.3 is 4.90 Å². The number of likely N-dealkylation sites (N-methyl/N-ethyl adjacent to an activating group) is 3. The van der Waals surface area contributed by atoms with Gasteiger partial charge in [0, 0.05) is 58.0 Å². The minimum atomic E-state index is 1.04. The van der Waals surface area contributed by atoms with E-state index in [0.717, 1.165) is 71.9 Å². The Morgan fingerprint density at radius 2 is 0.972 bits per heavy atom. The third-order valence-corrected chi connectivity index (χ3v) is 8.19. The molecule has 6 nitrogen and oxygen atoms in total. The van der Waals surface area contributed by atoms with Crippen LogP contribution in [0, 0.1) is 0 Å². The minimum Gasteiger partial charge on any atom is -0.357 e. The van der Waals surface area contributed by atoms with E-state index in [4.69, 9.17) is 0 Å². The van der Waals surface area contributed by atoms with Crippen LogP contribution in [0.3, 0.4) is 0 Å². The summed E-state index contributed by atoms with van der Waals surface area (Å²) in [6.45, 7) is 12.7. The molecule has 0 unspecified atom stereocenters. The van der Waals surface area contributed by atoms with Crippen LogP contribution in [0.2, 0.25) is 0 Å². The number of aryl methyl sites for hydroxylation is 2. The summed E-state index contributed by atoms with van der Waals surface area (Å²) in [5.74, 6) is 0. The maximum absolute atomic E-state index is 2.59. The number of benzene rings is 2. The summed E-state index contributed by atoms with van der Waals surface area (Å²) in [7, 11) is 6.65. The average Bonchev–Trinajstić information content (AvgIpc) is 3.62. The molecular formula is C30H46N6. The largest absolute Gasteiger partial charge is 0.357 e. The molecule has 3 fully saturated rings. The SMILES string of the molecule is CN1CCN(CCc2cc(CCc3ccc(N4CCN(C)C4)cc3)cc(CCN3CCN(C)C3)c2)C1. The Kier molecular flexibility index (Phi) is 8.60. The van der Waals surface area contributed by atoms with E-state index in [9.17, 15) is 0 Å². The van der Waals surface area contributed by atoms with E-state index in [1.54, 1.807) is 0 Å². The maximum atomic E-state index is 2.59. The Hall–Kier alpha value is -1.96. The van der Waals surface area contributed by atoms with E-state index >= 15 is 0 Å². The molecule has 3 saturated heterocycles. The molecule has 0 spiro atoms. The summed E-state index contributed by atoms with van der Waals surface area (Å²) in [4.78, 5) is 14.9. The van der Waals surface area contributed by atoms with Gasteiger partial charge in [-0.15, -0.1) is 0 Å². The molecule has 0 bridgehead atoms. The van der Waals surface area contributed by atoms with Crippen LogP contribution in [-0.4, -0.2) is 118 Å². The van der Waals surface area contributed by atoms with Crippen molar-refractivity contribution >= 4 is 5.69 Å². The van der Waals surface area contributed by atoms with E-state index in [1.165, 1.54) is 54.1 Å². The highest BCUT2D eigenvalue weighted by atomic mass is 15.4. The van der Waals surface area contributed by atoms with Crippen molar-refractivity contribution in [3.8, 4) is 0 Å². The Bertz CT molecular complexity index is 934. The number of rotatable bonds is 10. The molecule has 0 amide bonds. The average molecular weight is 491 g/mol. The lowest BCUT2D eigenvalue weighted by atomic mass is 9.97. The molecule has 3 aliphatic heterocycles. The van der Waals surface area contributed by atoms with E-state index in [2.05, 4.69) is 93.0 Å². The Morgan fingerprint density at radius 1 is 0.500 bits per heavy atom. The summed E-state index contributed by atoms with van der Waals surface area (Å²) < 4.78 is 0. The van der Waals surface area contributed by atoms with Gasteiger partial charge in [0.1, 0.15) is 0 Å². The molecule has 0 aromatic heterocycles. The van der Waals surface area contributed by atoms with Gasteiger partial charge in [-0.2, -0.15) is 0 Å². The molecular weight excluding hydrogens is 444 g/mol. The van der Waals surface area contributed by atoms with Gasteiger partial charge in [0.25, 0.3) is 0 Å². The van der Waals surface area contributed by atoms with Crippen LogP contribution in [0.15, 0.2) is 42.5 Å². The van der Waals surface area contributed by atoms with Crippen molar-refractivity contribution in [3.63, 3.8) is 0 Å². The summed E-state index contributed by atoms with van der Waals surface area (Å²) in [6, 6.07) is 16.8. The lowest BCUT2D eigenvalue weighted by Gasteiger charge is -2.19. The molecule has 0 aliphatic carbocycles. The van der Waals surface area contributed by atoms with Gasteiger partial charge in [-0.25, -0.2) is 0 Å². The molecule has 2 aromatic rings. The van der Waals surface area contributed by atoms with Crippen molar-refractivity contribution < 1.29 is 0 Å². The Balaban J connectivity index is 1.21. The van der Waals surface area contributed by atoms with E-state index in [1.807, 2.05) is 0 Å². The molecule has 0 N–H and O–H groups in total. The summed E-state index contributed by atoms with van der Waals surface area (Å²) in [5.41, 5.74) is 7.34. The van der Waals surface area contributed by atoms with Crippen molar-refractivity contribution in [2.24, 2.45) is 0 Å². The van der Waals surface area contributed by atoms with Crippen molar-refractivity contribution in [1.29, 1.82) is 0 Å². The summed E-state index contributed by atoms with van der Waals surface area (Å²) in [5, 5.41) is 0. The Morgan fingerprint density at radius 3 is 1.44 bits per heavy atom. The second kappa shape index (κ2) is 12.1. The van der Waals surface area contributed by atoms with E-state index in [0.29, 0.717) is 0 Å². The van der Waals surface area contributed by atoms with Gasteiger partial charge in [-0.1, -0.05) is 30.3 Å². The van der Waals surface area contributed by atoms with Gasteiger partial charge in [-0.3, -0.25) is 24.5 Å². The lowest BCUT2D eigenvalue weighted by Crippen LogP contribution is -2.26. The van der Waals surface area contributed by atoms with Crippen molar-refractivity contribution in [3.05, 3.63) is 64.7 Å². The van der Waals surface area contributed by atoms with Crippen LogP contribution < -0.4 is 4.90 Å². The normalized spacial score (nSPS) is 20.8. The fourth-order valence-corrected chi connectivity index (χ4v) is 5.90. The van der Waals surface area contributed by atoms with Crippen LogP contribution in [0.4, 0.5) is 5.69 Å². The molecule has 0 radical (unpaired) electrons. The van der Waals surface area contributed by atoms with Crippen molar-refractivity contribution in [2.45, 2.75) is 25.7 Å². The monoisotopic (exact) mass is 490 g/mol. The second-order valence-corrected chi connectivity index (χ2v) is 11.5. The quantitative estimate of drug-likeness (QED) is 0.507. The molecule has 196 valence electrons. The first-order chi connectivity index (χ1) is 17.5. The number of hydrogen-bond acceptors (Lipinski definition) is 6. The highest BCUT2D eigenvalue weighted by molar-refractivity contribution is 5.48. The predicted octanol–water partition coefficient (Wildman–Crippen LogP) is 2.68. The molecule has 36 heavy (non-hydrogen) atoms. The molecule has 3 aliphatic rings. The zero-order chi connectivity index (χ0) is 24.9. The van der Waals surface area contributed by atoms with Crippen molar-refractivity contribution in [1.82, 2.24) is 24.5 Å². The van der Waals surface area contributed by atoms with Crippen LogP contribution in [-0.2, 0) is 25.7 Å². The van der Waals surface area contributed by atoms with Gasteiger partial charge >= 0.3 is 0 Å². The summed E-state index contributed by atoms with van der Waals surface area (Å²) >= 11 is 0. The minimum absolute atomic E-state index is 1.04. The number of nitrogens with zero attached hydrogens (tertiary/aromatic N) is 6. The fourth-order valence-electron chi connectivity index (χ4n) is 5.90. The van der Waals surface area contributed by atoms with Crippen molar-refractivity contribution in [2.75, 3.05) is 98.4 Å². The topological polar surface area (TPSA) is 19.4 Å². The van der Waals surface area contributed by atoms with E-state index in [-0.39, 0.29) is 0 Å². The standard InChI is InChI=1S/C30H46N6/c1-31-14-17-34(23-31)12-10-28-20-27(21-29(22-28)11-13-35-18-15-32(2)24-35)5-4-26-6-8-30(9-7-26)36-19-16-33(3)25-36/h6-9,20-22H,4-5,10-19,23-25H2,1-3H3. The highest BCUT2D eigenvalue weighted by Crippen LogP contribution is 2.20. The first-order valence-electron chi connectivity index (χ1n) is 14.0. The first-order valence-corrected chi connectivity index (χ1v) is 14.0. The maximum Gasteiger partial charge on any atom is 0.0705 e. The van der Waals surface area contributed by atoms with Crippen LogP contribution in [0.5, 0.6) is 0 Å². The van der Waals surface area contributed by atoms with Crippen LogP contribution in [0.25, 0.3) is 0 Å². The van der Waals surface area contributed by atoms with Gasteiger partial charge in [0.05, 0.1) is 20.0 Å². The summed E-state index contributed by atoms with van der Waals surface area (Å²) in [6.07, 6.45) is 4.53. The van der Waals surface area contributed by atoms with Gasteiger partial charge in [0.15, 0.2) is 0 Å². The molecule has 2 aromatic carbocycles. The predicted molar refractivity (Wildman–Crippen MR) is 151 cm³/mol. The highest BCUT2D eigenvalue weighted by Gasteiger charge is 2.18. The second-order valence-electron chi connectivity index (χ2n) is 11.5. The fraction of sp³-hybridized carbons (Fsp3) is 0.600. The van der Waals surface area contributed by atoms with Gasteiger partial charge in [0.2, 0.25) is 0 Å². The molecule has 0 atom stereocenters. The van der Waals surface area contributed by atoms with Crippen LogP contribution >= 0.6 is 0 Å². The Labute approximate surface area is 219 Å². The molecule has 3 heterocycles. The zero-order valence-corrected chi connectivity index (χ0v) is 22.8. The lowest BCUT2D eigenvalue weighted by molar-refractivity contribution is 0.276. The zero-order valence-electron chi connectivity index (χ0n) is 22.8. The van der Waals surface area contributed by atoms with Crippen LogP contribution in [0.1, 0.15) is 22.3 Å². The smallest absolute Gasteiger partial charge is 0.0705 e.